The van der Waals surface area contributed by atoms with Crippen molar-refractivity contribution in [2.45, 2.75) is 20.3 Å². The molecule has 21 heavy (non-hydrogen) atoms. The Bertz CT molecular complexity index is 514. The molecule has 0 spiro atoms. The number of carbonyl (C=O) groups is 2. The van der Waals surface area contributed by atoms with Gasteiger partial charge in [0.15, 0.2) is 0 Å². The molecule has 5 heteroatoms. The number of rotatable bonds is 7. The van der Waals surface area contributed by atoms with Gasteiger partial charge in [-0.2, -0.15) is 0 Å². The predicted molar refractivity (Wildman–Crippen MR) is 84.0 cm³/mol. The van der Waals surface area contributed by atoms with Gasteiger partial charge < -0.3 is 9.64 Å². The molecule has 0 aliphatic heterocycles. The summed E-state index contributed by atoms with van der Waals surface area (Å²) in [5.74, 6) is -0.611. The van der Waals surface area contributed by atoms with E-state index in [0.29, 0.717) is 18.2 Å². The lowest BCUT2D eigenvalue weighted by Gasteiger charge is -2.19. The van der Waals surface area contributed by atoms with Gasteiger partial charge in [0.25, 0.3) is 0 Å². The van der Waals surface area contributed by atoms with Gasteiger partial charge in [-0.1, -0.05) is 30.7 Å². The van der Waals surface area contributed by atoms with E-state index in [0.717, 1.165) is 12.0 Å². The molecule has 0 radical (unpaired) electrons. The first kappa shape index (κ1) is 17.2. The number of amides is 1. The lowest BCUT2D eigenvalue weighted by atomic mass is 10.2. The molecule has 1 amide bonds. The lowest BCUT2D eigenvalue weighted by Crippen LogP contribution is -2.36. The van der Waals surface area contributed by atoms with Gasteiger partial charge in [0.2, 0.25) is 5.91 Å². The Balaban J connectivity index is 2.70. The van der Waals surface area contributed by atoms with E-state index in [1.54, 1.807) is 25.1 Å². The van der Waals surface area contributed by atoms with Crippen LogP contribution in [0.2, 0.25) is 5.02 Å². The maximum absolute atomic E-state index is 12.1. The normalized spacial score (nSPS) is 10.6. The summed E-state index contributed by atoms with van der Waals surface area (Å²) in [5, 5.41) is 0.613. The minimum absolute atomic E-state index is 0.0274. The van der Waals surface area contributed by atoms with Crippen LogP contribution in [0.1, 0.15) is 25.8 Å². The zero-order chi connectivity index (χ0) is 15.7. The van der Waals surface area contributed by atoms with Crippen molar-refractivity contribution in [3.8, 4) is 0 Å². The average Bonchev–Trinajstić information content (AvgIpc) is 2.44. The molecule has 114 valence electrons. The van der Waals surface area contributed by atoms with Crippen LogP contribution in [0.4, 0.5) is 0 Å². The van der Waals surface area contributed by atoms with E-state index in [9.17, 15) is 9.59 Å². The Labute approximate surface area is 130 Å². The van der Waals surface area contributed by atoms with Crippen LogP contribution in [0.15, 0.2) is 30.3 Å². The second-order valence-corrected chi connectivity index (χ2v) is 4.89. The summed E-state index contributed by atoms with van der Waals surface area (Å²) < 4.78 is 4.87. The number of benzene rings is 1. The largest absolute Gasteiger partial charge is 0.465 e. The van der Waals surface area contributed by atoms with E-state index in [1.807, 2.05) is 19.1 Å². The Hall–Kier alpha value is -1.81. The first-order valence-electron chi connectivity index (χ1n) is 6.95. The molecule has 0 atom stereocenters. The van der Waals surface area contributed by atoms with Crippen molar-refractivity contribution in [1.82, 2.24) is 4.90 Å². The van der Waals surface area contributed by atoms with Crippen LogP contribution < -0.4 is 0 Å². The van der Waals surface area contributed by atoms with E-state index in [4.69, 9.17) is 16.3 Å². The predicted octanol–water partition coefficient (Wildman–Crippen LogP) is 3.15. The smallest absolute Gasteiger partial charge is 0.325 e. The molecule has 0 saturated carbocycles. The van der Waals surface area contributed by atoms with E-state index in [-0.39, 0.29) is 12.5 Å². The van der Waals surface area contributed by atoms with Crippen LogP contribution in [0.3, 0.4) is 0 Å². The standard InChI is InChI=1S/C16H20ClNO3/c1-3-10-18(12-16(20)21-4-2)15(19)9-8-13-6-5-7-14(17)11-13/h5-9,11H,3-4,10,12H2,1-2H3/b9-8+. The van der Waals surface area contributed by atoms with Crippen LogP contribution >= 0.6 is 11.6 Å². The molecule has 0 N–H and O–H groups in total. The number of ether oxygens (including phenoxy) is 1. The van der Waals surface area contributed by atoms with Gasteiger partial charge >= 0.3 is 5.97 Å². The summed E-state index contributed by atoms with van der Waals surface area (Å²) >= 11 is 5.89. The highest BCUT2D eigenvalue weighted by Crippen LogP contribution is 2.12. The van der Waals surface area contributed by atoms with Gasteiger partial charge in [0.1, 0.15) is 6.54 Å². The third-order valence-electron chi connectivity index (χ3n) is 2.70. The number of hydrogen-bond acceptors (Lipinski definition) is 3. The van der Waals surface area contributed by atoms with Gasteiger partial charge in [-0.3, -0.25) is 9.59 Å². The summed E-state index contributed by atoms with van der Waals surface area (Å²) in [6, 6.07) is 7.20. The topological polar surface area (TPSA) is 46.6 Å². The highest BCUT2D eigenvalue weighted by molar-refractivity contribution is 6.30. The Morgan fingerprint density at radius 1 is 1.33 bits per heavy atom. The zero-order valence-corrected chi connectivity index (χ0v) is 13.1. The van der Waals surface area contributed by atoms with Gasteiger partial charge in [-0.15, -0.1) is 0 Å². The molecule has 0 unspecified atom stereocenters. The summed E-state index contributed by atoms with van der Waals surface area (Å²) in [4.78, 5) is 25.1. The molecule has 1 aromatic carbocycles. The van der Waals surface area contributed by atoms with Gasteiger partial charge in [-0.05, 0) is 37.1 Å². The molecule has 0 bridgehead atoms. The molecule has 0 aliphatic carbocycles. The first-order chi connectivity index (χ1) is 10.1. The first-order valence-corrected chi connectivity index (χ1v) is 7.32. The van der Waals surface area contributed by atoms with Gasteiger partial charge in [0.05, 0.1) is 6.61 Å². The van der Waals surface area contributed by atoms with Crippen molar-refractivity contribution >= 4 is 29.6 Å². The molecule has 0 aliphatic rings. The third kappa shape index (κ3) is 6.45. The van der Waals surface area contributed by atoms with Crippen LogP contribution in [-0.4, -0.2) is 36.5 Å². The Morgan fingerprint density at radius 2 is 2.10 bits per heavy atom. The maximum atomic E-state index is 12.1. The molecule has 4 nitrogen and oxygen atoms in total. The zero-order valence-electron chi connectivity index (χ0n) is 12.3. The number of halogens is 1. The molecule has 1 rings (SSSR count). The van der Waals surface area contributed by atoms with Crippen LogP contribution in [0.5, 0.6) is 0 Å². The quantitative estimate of drug-likeness (QED) is 0.574. The molecule has 0 heterocycles. The summed E-state index contributed by atoms with van der Waals surface area (Å²) in [5.41, 5.74) is 0.837. The highest BCUT2D eigenvalue weighted by atomic mass is 35.5. The Morgan fingerprint density at radius 3 is 2.71 bits per heavy atom. The van der Waals surface area contributed by atoms with Crippen molar-refractivity contribution in [3.63, 3.8) is 0 Å². The molecular weight excluding hydrogens is 290 g/mol. The number of hydrogen-bond donors (Lipinski definition) is 0. The minimum Gasteiger partial charge on any atom is -0.465 e. The fourth-order valence-electron chi connectivity index (χ4n) is 1.78. The average molecular weight is 310 g/mol. The third-order valence-corrected chi connectivity index (χ3v) is 2.93. The number of carbonyl (C=O) groups excluding carboxylic acids is 2. The summed E-state index contributed by atoms with van der Waals surface area (Å²) in [7, 11) is 0. The van der Waals surface area contributed by atoms with Crippen LogP contribution in [0.25, 0.3) is 6.08 Å². The van der Waals surface area contributed by atoms with Crippen molar-refractivity contribution in [3.05, 3.63) is 40.9 Å². The van der Waals surface area contributed by atoms with Crippen molar-refractivity contribution in [1.29, 1.82) is 0 Å². The maximum Gasteiger partial charge on any atom is 0.325 e. The van der Waals surface area contributed by atoms with Gasteiger partial charge in [0, 0.05) is 17.6 Å². The van der Waals surface area contributed by atoms with Crippen molar-refractivity contribution < 1.29 is 14.3 Å². The van der Waals surface area contributed by atoms with E-state index in [2.05, 4.69) is 0 Å². The van der Waals surface area contributed by atoms with Crippen molar-refractivity contribution in [2.75, 3.05) is 19.7 Å². The minimum atomic E-state index is -0.393. The van der Waals surface area contributed by atoms with Crippen LogP contribution in [0, 0.1) is 0 Å². The summed E-state index contributed by atoms with van der Waals surface area (Å²) in [6.45, 7) is 4.48. The SMILES string of the molecule is CCCN(CC(=O)OCC)C(=O)/C=C/c1cccc(Cl)c1. The molecule has 0 aromatic heterocycles. The van der Waals surface area contributed by atoms with Crippen molar-refractivity contribution in [2.24, 2.45) is 0 Å². The second-order valence-electron chi connectivity index (χ2n) is 4.45. The lowest BCUT2D eigenvalue weighted by molar-refractivity contribution is -0.147. The molecule has 1 aromatic rings. The molecular formula is C16H20ClNO3. The highest BCUT2D eigenvalue weighted by Gasteiger charge is 2.14. The number of nitrogens with zero attached hydrogens (tertiary/aromatic N) is 1. The Kier molecular flexibility index (Phi) is 7.54. The summed E-state index contributed by atoms with van der Waals surface area (Å²) in [6.07, 6.45) is 3.90. The number of esters is 1. The van der Waals surface area contributed by atoms with E-state index < -0.39 is 5.97 Å². The molecule has 0 fully saturated rings. The van der Waals surface area contributed by atoms with E-state index in [1.165, 1.54) is 11.0 Å². The van der Waals surface area contributed by atoms with Crippen LogP contribution in [-0.2, 0) is 14.3 Å². The second kappa shape index (κ2) is 9.19. The van der Waals surface area contributed by atoms with Gasteiger partial charge in [-0.25, -0.2) is 0 Å². The fourth-order valence-corrected chi connectivity index (χ4v) is 1.98. The molecule has 0 saturated heterocycles. The monoisotopic (exact) mass is 309 g/mol. The van der Waals surface area contributed by atoms with E-state index >= 15 is 0 Å². The fraction of sp³-hybridized carbons (Fsp3) is 0.375.